The first-order valence-electron chi connectivity index (χ1n) is 9.98. The highest BCUT2D eigenvalue weighted by Gasteiger charge is 2.22. The zero-order chi connectivity index (χ0) is 21.7. The first-order chi connectivity index (χ1) is 14.4. The number of nitrogens with one attached hydrogen (secondary N) is 2. The predicted octanol–water partition coefficient (Wildman–Crippen LogP) is 3.73. The molecule has 3 rings (SSSR count). The highest BCUT2D eigenvalue weighted by molar-refractivity contribution is 5.90. The molecule has 2 aromatic rings. The average molecular weight is 417 g/mol. The van der Waals surface area contributed by atoms with Gasteiger partial charge in [-0.1, -0.05) is 6.07 Å². The van der Waals surface area contributed by atoms with Crippen LogP contribution in [0.1, 0.15) is 53.2 Å². The first-order valence-corrected chi connectivity index (χ1v) is 9.98. The van der Waals surface area contributed by atoms with Gasteiger partial charge in [-0.3, -0.25) is 4.99 Å². The Balaban J connectivity index is 1.56. The Labute approximate surface area is 175 Å². The van der Waals surface area contributed by atoms with Crippen molar-refractivity contribution >= 4 is 11.9 Å². The molecule has 0 aliphatic heterocycles. The Morgan fingerprint density at radius 2 is 2.13 bits per heavy atom. The van der Waals surface area contributed by atoms with Gasteiger partial charge in [-0.05, 0) is 56.4 Å². The molecule has 0 bridgehead atoms. The molecule has 0 saturated heterocycles. The molecule has 1 atom stereocenters. The van der Waals surface area contributed by atoms with E-state index in [9.17, 15) is 9.18 Å². The van der Waals surface area contributed by atoms with Gasteiger partial charge < -0.3 is 24.5 Å². The molecular weight excluding hydrogens is 389 g/mol. The minimum atomic E-state index is -0.440. The van der Waals surface area contributed by atoms with Crippen LogP contribution in [-0.4, -0.2) is 32.7 Å². The van der Waals surface area contributed by atoms with Crippen molar-refractivity contribution in [3.8, 4) is 5.75 Å². The summed E-state index contributed by atoms with van der Waals surface area (Å²) >= 11 is 0. The number of nitrogens with zero attached hydrogens (tertiary/aromatic N) is 1. The van der Waals surface area contributed by atoms with Gasteiger partial charge in [0.15, 0.2) is 17.5 Å². The number of guanidine groups is 1. The summed E-state index contributed by atoms with van der Waals surface area (Å²) < 4.78 is 30.2. The Bertz CT molecular complexity index is 921. The standard InChI is InChI=1S/C22H28FN3O4/c1-13(16-7-8-20(19(23)9-16)29-12-15-5-6-15)26-22(24-3)25-11-17-10-18(14(2)30-17)21(27)28-4/h7-10,13,15H,5-6,11-12H2,1-4H3,(H2,24,25,26). The van der Waals surface area contributed by atoms with E-state index in [1.807, 2.05) is 13.0 Å². The average Bonchev–Trinajstić information content (AvgIpc) is 3.50. The number of carbonyl (C=O) groups excluding carboxylic acids is 1. The molecule has 30 heavy (non-hydrogen) atoms. The topological polar surface area (TPSA) is 85.1 Å². The van der Waals surface area contributed by atoms with Crippen molar-refractivity contribution < 1.29 is 23.1 Å². The van der Waals surface area contributed by atoms with Gasteiger partial charge >= 0.3 is 5.97 Å². The fourth-order valence-corrected chi connectivity index (χ4v) is 2.99. The van der Waals surface area contributed by atoms with Crippen LogP contribution in [0.5, 0.6) is 5.75 Å². The summed E-state index contributed by atoms with van der Waals surface area (Å²) in [5, 5.41) is 6.34. The molecule has 1 fully saturated rings. The van der Waals surface area contributed by atoms with Crippen molar-refractivity contribution in [3.63, 3.8) is 0 Å². The zero-order valence-corrected chi connectivity index (χ0v) is 17.8. The summed E-state index contributed by atoms with van der Waals surface area (Å²) in [6, 6.07) is 6.44. The van der Waals surface area contributed by atoms with Crippen molar-refractivity contribution in [2.75, 3.05) is 20.8 Å². The molecule has 1 aromatic heterocycles. The molecule has 1 unspecified atom stereocenters. The van der Waals surface area contributed by atoms with Crippen LogP contribution in [0.2, 0.25) is 0 Å². The monoisotopic (exact) mass is 417 g/mol. The molecule has 0 radical (unpaired) electrons. The summed E-state index contributed by atoms with van der Waals surface area (Å²) in [4.78, 5) is 15.9. The third-order valence-electron chi connectivity index (χ3n) is 5.01. The van der Waals surface area contributed by atoms with E-state index < -0.39 is 5.97 Å². The number of ether oxygens (including phenoxy) is 2. The molecule has 162 valence electrons. The van der Waals surface area contributed by atoms with Gasteiger partial charge in [0, 0.05) is 7.05 Å². The molecular formula is C22H28FN3O4. The number of rotatable bonds is 8. The molecule has 0 amide bonds. The molecule has 1 heterocycles. The van der Waals surface area contributed by atoms with E-state index in [2.05, 4.69) is 15.6 Å². The highest BCUT2D eigenvalue weighted by atomic mass is 19.1. The highest BCUT2D eigenvalue weighted by Crippen LogP contribution is 2.30. The number of methoxy groups -OCH3 is 1. The predicted molar refractivity (Wildman–Crippen MR) is 111 cm³/mol. The van der Waals surface area contributed by atoms with Crippen LogP contribution in [-0.2, 0) is 11.3 Å². The summed E-state index contributed by atoms with van der Waals surface area (Å²) in [5.74, 6) is 1.64. The third-order valence-corrected chi connectivity index (χ3v) is 5.01. The van der Waals surface area contributed by atoms with Gasteiger partial charge in [0.1, 0.15) is 17.1 Å². The molecule has 1 aromatic carbocycles. The Morgan fingerprint density at radius 3 is 2.77 bits per heavy atom. The number of hydrogen-bond donors (Lipinski definition) is 2. The Hall–Kier alpha value is -3.03. The van der Waals surface area contributed by atoms with Gasteiger partial charge in [-0.15, -0.1) is 0 Å². The summed E-state index contributed by atoms with van der Waals surface area (Å²) in [6.45, 7) is 4.52. The smallest absolute Gasteiger partial charge is 0.341 e. The van der Waals surface area contributed by atoms with Crippen molar-refractivity contribution in [3.05, 3.63) is 52.7 Å². The molecule has 8 heteroatoms. The summed E-state index contributed by atoms with van der Waals surface area (Å²) in [5.41, 5.74) is 1.17. The van der Waals surface area contributed by atoms with Gasteiger partial charge in [0.25, 0.3) is 0 Å². The maximum absolute atomic E-state index is 14.4. The number of halogens is 1. The number of aryl methyl sites for hydroxylation is 1. The van der Waals surface area contributed by atoms with E-state index in [0.29, 0.717) is 42.1 Å². The maximum atomic E-state index is 14.4. The van der Waals surface area contributed by atoms with Crippen molar-refractivity contribution in [2.45, 2.75) is 39.3 Å². The van der Waals surface area contributed by atoms with Crippen LogP contribution in [0.4, 0.5) is 4.39 Å². The number of carbonyl (C=O) groups is 1. The number of furan rings is 1. The number of benzene rings is 1. The van der Waals surface area contributed by atoms with Gasteiger partial charge in [-0.2, -0.15) is 0 Å². The summed E-state index contributed by atoms with van der Waals surface area (Å²) in [6.07, 6.45) is 2.32. The maximum Gasteiger partial charge on any atom is 0.341 e. The summed E-state index contributed by atoms with van der Waals surface area (Å²) in [7, 11) is 2.97. The number of hydrogen-bond acceptors (Lipinski definition) is 5. The second kappa shape index (κ2) is 9.65. The van der Waals surface area contributed by atoms with Crippen molar-refractivity contribution in [2.24, 2.45) is 10.9 Å². The second-order valence-electron chi connectivity index (χ2n) is 7.41. The van der Waals surface area contributed by atoms with Crippen molar-refractivity contribution in [1.82, 2.24) is 10.6 Å². The first kappa shape index (κ1) is 21.7. The van der Waals surface area contributed by atoms with Crippen LogP contribution in [0.3, 0.4) is 0 Å². The van der Waals surface area contributed by atoms with E-state index in [-0.39, 0.29) is 17.6 Å². The Kier molecular flexibility index (Phi) is 6.97. The largest absolute Gasteiger partial charge is 0.490 e. The minimum absolute atomic E-state index is 0.188. The molecule has 1 aliphatic rings. The minimum Gasteiger partial charge on any atom is -0.490 e. The molecule has 1 aliphatic carbocycles. The third kappa shape index (κ3) is 5.52. The molecule has 1 saturated carbocycles. The SMILES string of the molecule is CN=C(NCc1cc(C(=O)OC)c(C)o1)NC(C)c1ccc(OCC2CC2)c(F)c1. The zero-order valence-electron chi connectivity index (χ0n) is 17.8. The van der Waals surface area contributed by atoms with E-state index in [1.54, 1.807) is 26.1 Å². The number of esters is 1. The lowest BCUT2D eigenvalue weighted by molar-refractivity contribution is 0.0599. The van der Waals surface area contributed by atoms with Crippen LogP contribution < -0.4 is 15.4 Å². The number of aliphatic imine (C=N–C) groups is 1. The van der Waals surface area contributed by atoms with Crippen LogP contribution in [0.25, 0.3) is 0 Å². The van der Waals surface area contributed by atoms with Crippen LogP contribution >= 0.6 is 0 Å². The van der Waals surface area contributed by atoms with Crippen LogP contribution in [0, 0.1) is 18.7 Å². The molecule has 7 nitrogen and oxygen atoms in total. The lowest BCUT2D eigenvalue weighted by atomic mass is 10.1. The molecule has 2 N–H and O–H groups in total. The lowest BCUT2D eigenvalue weighted by Crippen LogP contribution is -2.38. The van der Waals surface area contributed by atoms with Gasteiger partial charge in [0.05, 0.1) is 26.3 Å². The quantitative estimate of drug-likeness (QED) is 0.387. The van der Waals surface area contributed by atoms with Gasteiger partial charge in [0.2, 0.25) is 0 Å². The fourth-order valence-electron chi connectivity index (χ4n) is 2.99. The van der Waals surface area contributed by atoms with Crippen LogP contribution in [0.15, 0.2) is 33.7 Å². The Morgan fingerprint density at radius 1 is 1.37 bits per heavy atom. The van der Waals surface area contributed by atoms with Gasteiger partial charge in [-0.25, -0.2) is 9.18 Å². The lowest BCUT2D eigenvalue weighted by Gasteiger charge is -2.18. The fraction of sp³-hybridized carbons (Fsp3) is 0.455. The normalized spacial score (nSPS) is 14.9. The van der Waals surface area contributed by atoms with E-state index >= 15 is 0 Å². The second-order valence-corrected chi connectivity index (χ2v) is 7.41. The van der Waals surface area contributed by atoms with E-state index in [4.69, 9.17) is 13.9 Å². The molecule has 0 spiro atoms. The van der Waals surface area contributed by atoms with Crippen molar-refractivity contribution in [1.29, 1.82) is 0 Å². The van der Waals surface area contributed by atoms with E-state index in [1.165, 1.54) is 13.2 Å². The van der Waals surface area contributed by atoms with E-state index in [0.717, 1.165) is 18.4 Å².